The molecule has 1 unspecified atom stereocenters. The van der Waals surface area contributed by atoms with Crippen molar-refractivity contribution in [2.24, 2.45) is 5.92 Å². The molecule has 0 spiro atoms. The normalized spacial score (nSPS) is 22.1. The Bertz CT molecular complexity index is 661. The van der Waals surface area contributed by atoms with Gasteiger partial charge in [0.25, 0.3) is 0 Å². The summed E-state index contributed by atoms with van der Waals surface area (Å²) in [6, 6.07) is 3.44. The van der Waals surface area contributed by atoms with Crippen LogP contribution in [0.5, 0.6) is 0 Å². The van der Waals surface area contributed by atoms with Crippen molar-refractivity contribution in [1.29, 1.82) is 0 Å². The van der Waals surface area contributed by atoms with Gasteiger partial charge in [-0.15, -0.1) is 11.3 Å². The largest absolute Gasteiger partial charge is 0.250 e. The minimum Gasteiger partial charge on any atom is -0.229 e. The number of sulfonamides is 1. The minimum atomic E-state index is -3.45. The molecule has 5 nitrogen and oxygen atoms in total. The first-order valence-electron chi connectivity index (χ1n) is 6.61. The molecular formula is C12H19NO4S3. The summed E-state index contributed by atoms with van der Waals surface area (Å²) in [6.07, 6.45) is 2.04. The van der Waals surface area contributed by atoms with Gasteiger partial charge in [-0.1, -0.05) is 6.92 Å². The second kappa shape index (κ2) is 6.13. The van der Waals surface area contributed by atoms with Crippen LogP contribution < -0.4 is 4.72 Å². The third kappa shape index (κ3) is 4.03. The van der Waals surface area contributed by atoms with E-state index < -0.39 is 19.9 Å². The fourth-order valence-corrected chi connectivity index (χ4v) is 6.56. The molecule has 1 aromatic heterocycles. The van der Waals surface area contributed by atoms with Gasteiger partial charge in [0, 0.05) is 11.4 Å². The standard InChI is InChI=1S/C12H19NO4S3/c1-2-11-3-4-12(18-11)20(16,17)13-7-5-10-6-8-19(14,15)9-10/h3-4,10,13H,2,5-9H2,1H3. The highest BCUT2D eigenvalue weighted by Gasteiger charge is 2.27. The van der Waals surface area contributed by atoms with E-state index in [0.717, 1.165) is 11.3 Å². The molecule has 2 rings (SSSR count). The van der Waals surface area contributed by atoms with Gasteiger partial charge in [0.05, 0.1) is 11.5 Å². The van der Waals surface area contributed by atoms with Crippen LogP contribution in [0.1, 0.15) is 24.6 Å². The van der Waals surface area contributed by atoms with E-state index >= 15 is 0 Å². The molecule has 20 heavy (non-hydrogen) atoms. The minimum absolute atomic E-state index is 0.0808. The zero-order chi connectivity index (χ0) is 14.8. The van der Waals surface area contributed by atoms with Crippen molar-refractivity contribution in [3.05, 3.63) is 17.0 Å². The summed E-state index contributed by atoms with van der Waals surface area (Å²) in [5.74, 6) is 0.500. The van der Waals surface area contributed by atoms with Crippen molar-refractivity contribution in [2.75, 3.05) is 18.1 Å². The smallest absolute Gasteiger partial charge is 0.229 e. The summed E-state index contributed by atoms with van der Waals surface area (Å²) < 4.78 is 49.6. The van der Waals surface area contributed by atoms with E-state index in [1.165, 1.54) is 11.3 Å². The molecule has 0 radical (unpaired) electrons. The third-order valence-electron chi connectivity index (χ3n) is 3.42. The Morgan fingerprint density at radius 3 is 2.70 bits per heavy atom. The molecule has 2 heterocycles. The predicted molar refractivity (Wildman–Crippen MR) is 80.3 cm³/mol. The lowest BCUT2D eigenvalue weighted by atomic mass is 10.1. The maximum Gasteiger partial charge on any atom is 0.250 e. The van der Waals surface area contributed by atoms with E-state index in [1.54, 1.807) is 6.07 Å². The molecule has 0 saturated carbocycles. The molecule has 0 aromatic carbocycles. The van der Waals surface area contributed by atoms with Crippen molar-refractivity contribution in [3.63, 3.8) is 0 Å². The topological polar surface area (TPSA) is 80.3 Å². The molecule has 0 amide bonds. The highest BCUT2D eigenvalue weighted by Crippen LogP contribution is 2.23. The second-order valence-corrected chi connectivity index (χ2v) is 10.4. The molecule has 8 heteroatoms. The van der Waals surface area contributed by atoms with E-state index in [-0.39, 0.29) is 17.4 Å². The fourth-order valence-electron chi connectivity index (χ4n) is 2.26. The van der Waals surface area contributed by atoms with Crippen LogP contribution in [0.4, 0.5) is 0 Å². The quantitative estimate of drug-likeness (QED) is 0.851. The van der Waals surface area contributed by atoms with Gasteiger partial charge in [0.1, 0.15) is 4.21 Å². The van der Waals surface area contributed by atoms with Gasteiger partial charge in [-0.25, -0.2) is 21.6 Å². The predicted octanol–water partition coefficient (Wildman–Crippen LogP) is 1.41. The monoisotopic (exact) mass is 337 g/mol. The third-order valence-corrected chi connectivity index (χ3v) is 8.44. The lowest BCUT2D eigenvalue weighted by molar-refractivity contribution is 0.528. The first kappa shape index (κ1) is 15.9. The van der Waals surface area contributed by atoms with E-state index in [0.29, 0.717) is 23.6 Å². The van der Waals surface area contributed by atoms with Gasteiger partial charge in [-0.05, 0) is 37.3 Å². The Balaban J connectivity index is 1.87. The first-order chi connectivity index (χ1) is 9.32. The average Bonchev–Trinajstić information content (AvgIpc) is 2.96. The van der Waals surface area contributed by atoms with Crippen LogP contribution in [-0.2, 0) is 26.3 Å². The molecule has 1 aliphatic heterocycles. The van der Waals surface area contributed by atoms with Crippen LogP contribution in [0.25, 0.3) is 0 Å². The maximum absolute atomic E-state index is 12.0. The SMILES string of the molecule is CCc1ccc(S(=O)(=O)NCCC2CCS(=O)(=O)C2)s1. The zero-order valence-electron chi connectivity index (χ0n) is 11.3. The lowest BCUT2D eigenvalue weighted by Crippen LogP contribution is -2.25. The molecule has 0 aliphatic carbocycles. The fraction of sp³-hybridized carbons (Fsp3) is 0.667. The molecule has 0 bridgehead atoms. The second-order valence-electron chi connectivity index (χ2n) is 5.03. The molecule has 1 atom stereocenters. The van der Waals surface area contributed by atoms with E-state index in [2.05, 4.69) is 4.72 Å². The first-order valence-corrected chi connectivity index (χ1v) is 10.7. The van der Waals surface area contributed by atoms with Crippen LogP contribution in [0.2, 0.25) is 0 Å². The molecular weight excluding hydrogens is 318 g/mol. The van der Waals surface area contributed by atoms with Crippen molar-refractivity contribution in [2.45, 2.75) is 30.4 Å². The maximum atomic E-state index is 12.0. The van der Waals surface area contributed by atoms with E-state index in [9.17, 15) is 16.8 Å². The molecule has 1 fully saturated rings. The molecule has 114 valence electrons. The van der Waals surface area contributed by atoms with Crippen molar-refractivity contribution >= 4 is 31.2 Å². The van der Waals surface area contributed by atoms with Crippen LogP contribution in [-0.4, -0.2) is 34.9 Å². The Morgan fingerprint density at radius 2 is 2.15 bits per heavy atom. The van der Waals surface area contributed by atoms with Crippen LogP contribution in [0, 0.1) is 5.92 Å². The molecule has 1 N–H and O–H groups in total. The summed E-state index contributed by atoms with van der Waals surface area (Å²) in [7, 11) is -6.34. The number of hydrogen-bond donors (Lipinski definition) is 1. The summed E-state index contributed by atoms with van der Waals surface area (Å²) in [5, 5.41) is 0. The van der Waals surface area contributed by atoms with E-state index in [1.807, 2.05) is 13.0 Å². The molecule has 1 saturated heterocycles. The van der Waals surface area contributed by atoms with Gasteiger partial charge in [-0.3, -0.25) is 0 Å². The zero-order valence-corrected chi connectivity index (χ0v) is 13.8. The number of sulfone groups is 1. The van der Waals surface area contributed by atoms with Gasteiger partial charge < -0.3 is 0 Å². The van der Waals surface area contributed by atoms with E-state index in [4.69, 9.17) is 0 Å². The van der Waals surface area contributed by atoms with Crippen LogP contribution >= 0.6 is 11.3 Å². The van der Waals surface area contributed by atoms with Gasteiger partial charge in [-0.2, -0.15) is 0 Å². The van der Waals surface area contributed by atoms with Crippen LogP contribution in [0.3, 0.4) is 0 Å². The van der Waals surface area contributed by atoms with Crippen molar-refractivity contribution in [3.8, 4) is 0 Å². The number of nitrogens with one attached hydrogen (secondary N) is 1. The highest BCUT2D eigenvalue weighted by atomic mass is 32.2. The summed E-state index contributed by atoms with van der Waals surface area (Å²) in [5.41, 5.74) is 0. The Morgan fingerprint density at radius 1 is 1.40 bits per heavy atom. The number of aryl methyl sites for hydroxylation is 1. The van der Waals surface area contributed by atoms with Crippen LogP contribution in [0.15, 0.2) is 16.3 Å². The summed E-state index contributed by atoms with van der Waals surface area (Å²) in [4.78, 5) is 1.03. The molecule has 1 aliphatic rings. The summed E-state index contributed by atoms with van der Waals surface area (Å²) >= 11 is 1.28. The van der Waals surface area contributed by atoms with Crippen molar-refractivity contribution < 1.29 is 16.8 Å². The van der Waals surface area contributed by atoms with Gasteiger partial charge >= 0.3 is 0 Å². The van der Waals surface area contributed by atoms with Crippen molar-refractivity contribution in [1.82, 2.24) is 4.72 Å². The number of thiophene rings is 1. The lowest BCUT2D eigenvalue weighted by Gasteiger charge is -2.08. The summed E-state index contributed by atoms with van der Waals surface area (Å²) in [6.45, 7) is 2.28. The highest BCUT2D eigenvalue weighted by molar-refractivity contribution is 7.91. The Hall–Kier alpha value is -0.440. The molecule has 1 aromatic rings. The number of hydrogen-bond acceptors (Lipinski definition) is 5. The van der Waals surface area contributed by atoms with Gasteiger partial charge in [0.15, 0.2) is 9.84 Å². The Labute approximate surface area is 124 Å². The average molecular weight is 337 g/mol. The number of rotatable bonds is 6. The Kier molecular flexibility index (Phi) is 4.88. The van der Waals surface area contributed by atoms with Gasteiger partial charge in [0.2, 0.25) is 10.0 Å².